The molecule has 1 saturated heterocycles. The fraction of sp³-hybridized carbons (Fsp3) is 0.579. The lowest BCUT2D eigenvalue weighted by Crippen LogP contribution is -2.36. The Labute approximate surface area is 156 Å². The van der Waals surface area contributed by atoms with E-state index in [1.165, 1.54) is 0 Å². The number of anilines is 1. The van der Waals surface area contributed by atoms with Gasteiger partial charge in [-0.2, -0.15) is 0 Å². The highest BCUT2D eigenvalue weighted by atomic mass is 35.5. The Morgan fingerprint density at radius 3 is 2.32 bits per heavy atom. The number of benzene rings is 1. The highest BCUT2D eigenvalue weighted by Gasteiger charge is 2.17. The molecule has 2 amide bonds. The molecule has 6 heteroatoms. The van der Waals surface area contributed by atoms with Gasteiger partial charge in [-0.05, 0) is 49.3 Å². The second-order valence-corrected chi connectivity index (χ2v) is 7.01. The molecule has 1 heterocycles. The molecule has 2 rings (SSSR count). The van der Waals surface area contributed by atoms with Crippen LogP contribution >= 0.6 is 12.4 Å². The molecule has 0 unspecified atom stereocenters. The van der Waals surface area contributed by atoms with E-state index < -0.39 is 6.04 Å². The Kier molecular flexibility index (Phi) is 8.93. The van der Waals surface area contributed by atoms with E-state index in [2.05, 4.69) is 5.32 Å². The van der Waals surface area contributed by atoms with Crippen molar-refractivity contribution in [2.75, 3.05) is 18.4 Å². The number of amides is 2. The largest absolute Gasteiger partial charge is 0.343 e. The minimum Gasteiger partial charge on any atom is -0.343 e. The van der Waals surface area contributed by atoms with Crippen molar-refractivity contribution in [2.24, 2.45) is 11.7 Å². The maximum absolute atomic E-state index is 12.0. The number of aryl methyl sites for hydroxylation is 1. The molecule has 1 atom stereocenters. The van der Waals surface area contributed by atoms with Crippen LogP contribution < -0.4 is 11.1 Å². The maximum Gasteiger partial charge on any atom is 0.241 e. The normalized spacial score (nSPS) is 15.0. The van der Waals surface area contributed by atoms with Gasteiger partial charge in [0.15, 0.2) is 0 Å². The number of nitrogens with two attached hydrogens (primary N) is 1. The maximum atomic E-state index is 12.0. The summed E-state index contributed by atoms with van der Waals surface area (Å²) in [4.78, 5) is 26.0. The van der Waals surface area contributed by atoms with E-state index in [0.717, 1.165) is 43.6 Å². The van der Waals surface area contributed by atoms with Gasteiger partial charge >= 0.3 is 0 Å². The number of halogens is 1. The van der Waals surface area contributed by atoms with E-state index in [1.807, 2.05) is 43.0 Å². The van der Waals surface area contributed by atoms with Crippen LogP contribution in [0.1, 0.15) is 45.1 Å². The second kappa shape index (κ2) is 10.4. The van der Waals surface area contributed by atoms with Crippen molar-refractivity contribution in [3.8, 4) is 0 Å². The molecule has 1 fully saturated rings. The third-order valence-corrected chi connectivity index (χ3v) is 4.37. The fourth-order valence-electron chi connectivity index (χ4n) is 2.98. The van der Waals surface area contributed by atoms with Crippen LogP contribution in [0.3, 0.4) is 0 Å². The zero-order valence-electron chi connectivity index (χ0n) is 15.2. The van der Waals surface area contributed by atoms with Gasteiger partial charge in [0.05, 0.1) is 6.04 Å². The molecule has 25 heavy (non-hydrogen) atoms. The first-order valence-corrected chi connectivity index (χ1v) is 8.89. The Morgan fingerprint density at radius 1 is 1.16 bits per heavy atom. The lowest BCUT2D eigenvalue weighted by atomic mass is 10.0. The number of likely N-dealkylation sites (tertiary alicyclic amines) is 1. The van der Waals surface area contributed by atoms with E-state index >= 15 is 0 Å². The fourth-order valence-corrected chi connectivity index (χ4v) is 2.98. The van der Waals surface area contributed by atoms with Gasteiger partial charge in [0.1, 0.15) is 0 Å². The molecule has 1 aromatic rings. The van der Waals surface area contributed by atoms with Gasteiger partial charge in [-0.25, -0.2) is 0 Å². The van der Waals surface area contributed by atoms with Crippen molar-refractivity contribution in [3.63, 3.8) is 0 Å². The molecular weight excluding hydrogens is 338 g/mol. The lowest BCUT2D eigenvalue weighted by molar-refractivity contribution is -0.130. The van der Waals surface area contributed by atoms with E-state index in [1.54, 1.807) is 0 Å². The number of rotatable bonds is 7. The zero-order chi connectivity index (χ0) is 17.5. The van der Waals surface area contributed by atoms with Crippen LogP contribution in [0, 0.1) is 5.92 Å². The van der Waals surface area contributed by atoms with Crippen LogP contribution in [-0.4, -0.2) is 35.8 Å². The van der Waals surface area contributed by atoms with Gasteiger partial charge in [0.25, 0.3) is 0 Å². The van der Waals surface area contributed by atoms with Gasteiger partial charge in [-0.15, -0.1) is 12.4 Å². The van der Waals surface area contributed by atoms with Crippen LogP contribution in [-0.2, 0) is 16.0 Å². The van der Waals surface area contributed by atoms with Crippen LogP contribution in [0.2, 0.25) is 0 Å². The predicted octanol–water partition coefficient (Wildman–Crippen LogP) is 2.98. The molecule has 1 aromatic carbocycles. The van der Waals surface area contributed by atoms with Crippen molar-refractivity contribution >= 4 is 29.9 Å². The van der Waals surface area contributed by atoms with E-state index in [0.29, 0.717) is 18.8 Å². The molecule has 1 aliphatic heterocycles. The third kappa shape index (κ3) is 7.04. The molecular formula is C19H30ClN3O2. The van der Waals surface area contributed by atoms with E-state index in [-0.39, 0.29) is 24.2 Å². The molecule has 1 aliphatic rings. The van der Waals surface area contributed by atoms with Crippen molar-refractivity contribution in [3.05, 3.63) is 29.8 Å². The Morgan fingerprint density at radius 2 is 1.76 bits per heavy atom. The summed E-state index contributed by atoms with van der Waals surface area (Å²) in [6.07, 6.45) is 4.20. The summed E-state index contributed by atoms with van der Waals surface area (Å²) in [5, 5.41) is 2.84. The molecule has 0 spiro atoms. The standard InChI is InChI=1S/C19H29N3O2.ClH/c1-14(2)13-17(20)19(24)21-16-8-5-15(6-9-16)7-10-18(23)22-11-3-4-12-22;/h5-6,8-9,14,17H,3-4,7,10-13,20H2,1-2H3,(H,21,24);1H/t17-;/m0./s1. The number of carbonyl (C=O) groups is 2. The number of carbonyl (C=O) groups excluding carboxylic acids is 2. The topological polar surface area (TPSA) is 75.4 Å². The number of nitrogens with one attached hydrogen (secondary N) is 1. The highest BCUT2D eigenvalue weighted by Crippen LogP contribution is 2.14. The summed E-state index contributed by atoms with van der Waals surface area (Å²) >= 11 is 0. The second-order valence-electron chi connectivity index (χ2n) is 7.01. The van der Waals surface area contributed by atoms with Gasteiger partial charge in [0.2, 0.25) is 11.8 Å². The van der Waals surface area contributed by atoms with Crippen LogP contribution in [0.25, 0.3) is 0 Å². The average Bonchev–Trinajstić information content (AvgIpc) is 3.07. The number of hydrogen-bond acceptors (Lipinski definition) is 3. The predicted molar refractivity (Wildman–Crippen MR) is 104 cm³/mol. The molecule has 0 saturated carbocycles. The van der Waals surface area contributed by atoms with Crippen LogP contribution in [0.4, 0.5) is 5.69 Å². The molecule has 3 N–H and O–H groups in total. The summed E-state index contributed by atoms with van der Waals surface area (Å²) in [6.45, 7) is 5.90. The molecule has 0 aliphatic carbocycles. The minimum atomic E-state index is -0.484. The molecule has 0 aromatic heterocycles. The van der Waals surface area contributed by atoms with Gasteiger partial charge < -0.3 is 16.0 Å². The molecule has 0 bridgehead atoms. The number of hydrogen-bond donors (Lipinski definition) is 2. The summed E-state index contributed by atoms with van der Waals surface area (Å²) in [5.41, 5.74) is 7.73. The highest BCUT2D eigenvalue weighted by molar-refractivity contribution is 5.94. The summed E-state index contributed by atoms with van der Waals surface area (Å²) in [6, 6.07) is 7.18. The zero-order valence-corrected chi connectivity index (χ0v) is 16.0. The Bertz CT molecular complexity index is 554. The smallest absolute Gasteiger partial charge is 0.241 e. The monoisotopic (exact) mass is 367 g/mol. The minimum absolute atomic E-state index is 0. The number of nitrogens with zero attached hydrogens (tertiary/aromatic N) is 1. The van der Waals surface area contributed by atoms with Gasteiger partial charge in [-0.1, -0.05) is 26.0 Å². The molecule has 0 radical (unpaired) electrons. The first kappa shape index (κ1) is 21.5. The lowest BCUT2D eigenvalue weighted by Gasteiger charge is -2.15. The first-order valence-electron chi connectivity index (χ1n) is 8.89. The van der Waals surface area contributed by atoms with Crippen LogP contribution in [0.15, 0.2) is 24.3 Å². The average molecular weight is 368 g/mol. The third-order valence-electron chi connectivity index (χ3n) is 4.37. The Hall–Kier alpha value is -1.59. The van der Waals surface area contributed by atoms with Crippen molar-refractivity contribution in [1.82, 2.24) is 4.90 Å². The quantitative estimate of drug-likeness (QED) is 0.777. The summed E-state index contributed by atoms with van der Waals surface area (Å²) in [5.74, 6) is 0.478. The van der Waals surface area contributed by atoms with E-state index in [9.17, 15) is 9.59 Å². The van der Waals surface area contributed by atoms with Crippen molar-refractivity contribution in [1.29, 1.82) is 0 Å². The summed E-state index contributed by atoms with van der Waals surface area (Å²) in [7, 11) is 0. The van der Waals surface area contributed by atoms with Gasteiger partial charge in [-0.3, -0.25) is 9.59 Å². The van der Waals surface area contributed by atoms with Crippen molar-refractivity contribution in [2.45, 2.75) is 52.0 Å². The summed E-state index contributed by atoms with van der Waals surface area (Å²) < 4.78 is 0. The molecule has 140 valence electrons. The van der Waals surface area contributed by atoms with Gasteiger partial charge in [0, 0.05) is 25.2 Å². The van der Waals surface area contributed by atoms with Crippen LogP contribution in [0.5, 0.6) is 0 Å². The Balaban J connectivity index is 0.00000312. The van der Waals surface area contributed by atoms with Crippen molar-refractivity contribution < 1.29 is 9.59 Å². The van der Waals surface area contributed by atoms with E-state index in [4.69, 9.17) is 5.73 Å². The molecule has 5 nitrogen and oxygen atoms in total. The first-order chi connectivity index (χ1) is 11.5. The SMILES string of the molecule is CC(C)C[C@H](N)C(=O)Nc1ccc(CCC(=O)N2CCCC2)cc1.Cl.